The average molecular weight is 483 g/mol. The standard InChI is InChI=1S/C25H34N6O4/c1-4-6-8-15-30-20(28-23-22(30)24(34)29-25(35)31(23)14-7-5-2)12-13-21(33)27-19-11-9-10-18(16-19)26-17(3)32/h9-11,16H,4-8,12-15H2,1-3H3,(H,26,32)(H,27,33)(H,29,34,35). The molecule has 0 saturated carbocycles. The zero-order chi connectivity index (χ0) is 25.4. The molecule has 3 aromatic rings. The van der Waals surface area contributed by atoms with Crippen molar-refractivity contribution in [2.24, 2.45) is 0 Å². The van der Waals surface area contributed by atoms with E-state index < -0.39 is 11.2 Å². The molecular weight excluding hydrogens is 448 g/mol. The average Bonchev–Trinajstić information content (AvgIpc) is 3.16. The number of carbonyl (C=O) groups is 2. The first-order valence-electron chi connectivity index (χ1n) is 12.2. The number of aromatic amines is 1. The number of aromatic nitrogens is 4. The maximum absolute atomic E-state index is 12.7. The molecule has 0 unspecified atom stereocenters. The van der Waals surface area contributed by atoms with E-state index in [4.69, 9.17) is 0 Å². The second kappa shape index (κ2) is 12.1. The number of H-pyrrole nitrogens is 1. The van der Waals surface area contributed by atoms with Crippen molar-refractivity contribution in [2.75, 3.05) is 10.6 Å². The van der Waals surface area contributed by atoms with Gasteiger partial charge in [0.2, 0.25) is 11.8 Å². The monoisotopic (exact) mass is 482 g/mol. The molecule has 1 aromatic carbocycles. The molecule has 0 aliphatic heterocycles. The predicted molar refractivity (Wildman–Crippen MR) is 137 cm³/mol. The lowest BCUT2D eigenvalue weighted by atomic mass is 10.2. The number of aryl methyl sites for hydroxylation is 3. The van der Waals surface area contributed by atoms with E-state index in [-0.39, 0.29) is 18.2 Å². The maximum atomic E-state index is 12.7. The van der Waals surface area contributed by atoms with Gasteiger partial charge < -0.3 is 15.2 Å². The number of amides is 2. The highest BCUT2D eigenvalue weighted by Crippen LogP contribution is 2.18. The number of carbonyl (C=O) groups excluding carboxylic acids is 2. The smallest absolute Gasteiger partial charge is 0.326 e. The summed E-state index contributed by atoms with van der Waals surface area (Å²) in [5.74, 6) is 0.205. The molecule has 0 fully saturated rings. The molecular formula is C25H34N6O4. The molecule has 2 heterocycles. The van der Waals surface area contributed by atoms with Crippen molar-refractivity contribution in [1.29, 1.82) is 0 Å². The highest BCUT2D eigenvalue weighted by molar-refractivity contribution is 5.93. The molecule has 10 nitrogen and oxygen atoms in total. The quantitative estimate of drug-likeness (QED) is 0.341. The maximum Gasteiger partial charge on any atom is 0.330 e. The number of hydrogen-bond donors (Lipinski definition) is 3. The molecule has 0 aliphatic rings. The van der Waals surface area contributed by atoms with E-state index >= 15 is 0 Å². The van der Waals surface area contributed by atoms with Gasteiger partial charge in [-0.15, -0.1) is 0 Å². The van der Waals surface area contributed by atoms with Gasteiger partial charge in [-0.2, -0.15) is 0 Å². The Bertz CT molecular complexity index is 1300. The van der Waals surface area contributed by atoms with Crippen LogP contribution in [0.4, 0.5) is 11.4 Å². The van der Waals surface area contributed by atoms with Gasteiger partial charge in [0.25, 0.3) is 5.56 Å². The number of hydrogen-bond acceptors (Lipinski definition) is 5. The number of nitrogens with zero attached hydrogens (tertiary/aromatic N) is 3. The Morgan fingerprint density at radius 1 is 0.971 bits per heavy atom. The van der Waals surface area contributed by atoms with Gasteiger partial charge >= 0.3 is 5.69 Å². The Labute approximate surface area is 203 Å². The molecule has 0 saturated heterocycles. The van der Waals surface area contributed by atoms with Gasteiger partial charge in [-0.3, -0.25) is 23.9 Å². The van der Waals surface area contributed by atoms with Crippen molar-refractivity contribution >= 4 is 34.4 Å². The zero-order valence-corrected chi connectivity index (χ0v) is 20.6. The van der Waals surface area contributed by atoms with Crippen LogP contribution in [0.3, 0.4) is 0 Å². The molecule has 188 valence electrons. The van der Waals surface area contributed by atoms with Crippen LogP contribution in [0.15, 0.2) is 33.9 Å². The molecule has 0 radical (unpaired) electrons. The first kappa shape index (κ1) is 25.9. The molecule has 3 rings (SSSR count). The van der Waals surface area contributed by atoms with Crippen molar-refractivity contribution in [1.82, 2.24) is 19.1 Å². The fraction of sp³-hybridized carbons (Fsp3) is 0.480. The second-order valence-electron chi connectivity index (χ2n) is 8.63. The van der Waals surface area contributed by atoms with E-state index in [2.05, 4.69) is 27.5 Å². The summed E-state index contributed by atoms with van der Waals surface area (Å²) in [6.07, 6.45) is 5.05. The summed E-state index contributed by atoms with van der Waals surface area (Å²) >= 11 is 0. The molecule has 0 atom stereocenters. The van der Waals surface area contributed by atoms with Crippen LogP contribution < -0.4 is 21.9 Å². The Balaban J connectivity index is 1.85. The number of rotatable bonds is 12. The first-order valence-corrected chi connectivity index (χ1v) is 12.2. The van der Waals surface area contributed by atoms with E-state index in [1.165, 1.54) is 11.5 Å². The third kappa shape index (κ3) is 6.68. The van der Waals surface area contributed by atoms with Crippen LogP contribution in [0.2, 0.25) is 0 Å². The summed E-state index contributed by atoms with van der Waals surface area (Å²) in [5, 5.41) is 5.53. The van der Waals surface area contributed by atoms with Crippen molar-refractivity contribution in [3.05, 3.63) is 50.9 Å². The predicted octanol–water partition coefficient (Wildman–Crippen LogP) is 3.41. The minimum absolute atomic E-state index is 0.151. The van der Waals surface area contributed by atoms with Crippen LogP contribution in [0.25, 0.3) is 11.2 Å². The third-order valence-corrected chi connectivity index (χ3v) is 5.73. The van der Waals surface area contributed by atoms with Crippen molar-refractivity contribution in [3.63, 3.8) is 0 Å². The summed E-state index contributed by atoms with van der Waals surface area (Å²) < 4.78 is 3.38. The third-order valence-electron chi connectivity index (χ3n) is 5.73. The number of nitrogens with one attached hydrogen (secondary N) is 3. The Kier molecular flexibility index (Phi) is 8.99. The van der Waals surface area contributed by atoms with Crippen LogP contribution in [-0.2, 0) is 29.1 Å². The summed E-state index contributed by atoms with van der Waals surface area (Å²) in [6.45, 7) is 6.62. The fourth-order valence-electron chi connectivity index (χ4n) is 4.02. The van der Waals surface area contributed by atoms with Gasteiger partial charge in [0.1, 0.15) is 5.82 Å². The van der Waals surface area contributed by atoms with Gasteiger partial charge in [0.15, 0.2) is 11.2 Å². The molecule has 0 bridgehead atoms. The molecule has 2 amide bonds. The van der Waals surface area contributed by atoms with Gasteiger partial charge in [0.05, 0.1) is 0 Å². The lowest BCUT2D eigenvalue weighted by Gasteiger charge is -2.10. The topological polar surface area (TPSA) is 131 Å². The normalized spacial score (nSPS) is 11.1. The van der Waals surface area contributed by atoms with Crippen LogP contribution in [0.5, 0.6) is 0 Å². The minimum atomic E-state index is -0.461. The molecule has 10 heteroatoms. The van der Waals surface area contributed by atoms with Gasteiger partial charge in [-0.25, -0.2) is 9.78 Å². The van der Waals surface area contributed by atoms with E-state index in [9.17, 15) is 19.2 Å². The van der Waals surface area contributed by atoms with E-state index in [1.54, 1.807) is 24.3 Å². The SMILES string of the molecule is CCCCCn1c(CCC(=O)Nc2cccc(NC(C)=O)c2)nc2c1c(=O)[nH]c(=O)n2CCCC. The summed E-state index contributed by atoms with van der Waals surface area (Å²) in [6, 6.07) is 6.92. The lowest BCUT2D eigenvalue weighted by molar-refractivity contribution is -0.116. The minimum Gasteiger partial charge on any atom is -0.326 e. The summed E-state index contributed by atoms with van der Waals surface area (Å²) in [4.78, 5) is 56.3. The largest absolute Gasteiger partial charge is 0.330 e. The lowest BCUT2D eigenvalue weighted by Crippen LogP contribution is -2.31. The Morgan fingerprint density at radius 3 is 2.34 bits per heavy atom. The number of imidazole rings is 1. The van der Waals surface area contributed by atoms with Crippen molar-refractivity contribution < 1.29 is 9.59 Å². The van der Waals surface area contributed by atoms with Crippen LogP contribution in [0.1, 0.15) is 65.1 Å². The molecule has 0 aliphatic carbocycles. The zero-order valence-electron chi connectivity index (χ0n) is 20.6. The van der Waals surface area contributed by atoms with E-state index in [0.29, 0.717) is 47.9 Å². The van der Waals surface area contributed by atoms with E-state index in [1.807, 2.05) is 11.5 Å². The Morgan fingerprint density at radius 2 is 1.66 bits per heavy atom. The van der Waals surface area contributed by atoms with Crippen molar-refractivity contribution in [3.8, 4) is 0 Å². The second-order valence-corrected chi connectivity index (χ2v) is 8.63. The van der Waals surface area contributed by atoms with Gasteiger partial charge in [-0.1, -0.05) is 39.2 Å². The number of benzene rings is 1. The van der Waals surface area contributed by atoms with Crippen LogP contribution >= 0.6 is 0 Å². The molecule has 0 spiro atoms. The van der Waals surface area contributed by atoms with Crippen LogP contribution in [0, 0.1) is 0 Å². The highest BCUT2D eigenvalue weighted by Gasteiger charge is 2.19. The van der Waals surface area contributed by atoms with Crippen LogP contribution in [-0.4, -0.2) is 30.9 Å². The van der Waals surface area contributed by atoms with Crippen molar-refractivity contribution in [2.45, 2.75) is 78.8 Å². The first-order chi connectivity index (χ1) is 16.8. The van der Waals surface area contributed by atoms with Gasteiger partial charge in [0, 0.05) is 44.2 Å². The van der Waals surface area contributed by atoms with E-state index in [0.717, 1.165) is 32.1 Å². The number of fused-ring (bicyclic) bond motifs is 1. The molecule has 3 N–H and O–H groups in total. The number of unbranched alkanes of at least 4 members (excludes halogenated alkanes) is 3. The summed E-state index contributed by atoms with van der Waals surface area (Å²) in [7, 11) is 0. The highest BCUT2D eigenvalue weighted by atomic mass is 16.2. The fourth-order valence-corrected chi connectivity index (χ4v) is 4.02. The van der Waals surface area contributed by atoms with Gasteiger partial charge in [-0.05, 0) is 31.0 Å². The molecule has 35 heavy (non-hydrogen) atoms. The number of anilines is 2. The summed E-state index contributed by atoms with van der Waals surface area (Å²) in [5.41, 5.74) is 1.02. The molecule has 2 aromatic heterocycles. The Hall–Kier alpha value is -3.69.